The maximum Gasteiger partial charge on any atom is 0.417 e. The molecule has 0 atom stereocenters. The lowest BCUT2D eigenvalue weighted by molar-refractivity contribution is -0.137. The van der Waals surface area contributed by atoms with Crippen LogP contribution in [0.5, 0.6) is 0 Å². The maximum atomic E-state index is 13.2. The lowest BCUT2D eigenvalue weighted by Crippen LogP contribution is -2.14. The summed E-state index contributed by atoms with van der Waals surface area (Å²) < 4.78 is 50.8. The Labute approximate surface area is 94.5 Å². The van der Waals surface area contributed by atoms with Gasteiger partial charge in [0.25, 0.3) is 0 Å². The molecule has 0 heterocycles. The number of hydrogen-bond donors (Lipinski definition) is 2. The van der Waals surface area contributed by atoms with Gasteiger partial charge in [-0.2, -0.15) is 13.2 Å². The number of nitrogens with one attached hydrogen (secondary N) is 1. The Morgan fingerprint density at radius 1 is 1.41 bits per heavy atom. The summed E-state index contributed by atoms with van der Waals surface area (Å²) >= 11 is 0. The van der Waals surface area contributed by atoms with Crippen LogP contribution in [0, 0.1) is 11.2 Å². The van der Waals surface area contributed by atoms with E-state index in [-0.39, 0.29) is 12.4 Å². The molecule has 1 aromatic carbocycles. The molecule has 0 aliphatic rings. The second-order valence-corrected chi connectivity index (χ2v) is 3.19. The van der Waals surface area contributed by atoms with Gasteiger partial charge in [-0.05, 0) is 12.1 Å². The van der Waals surface area contributed by atoms with E-state index in [1.54, 1.807) is 0 Å². The molecule has 1 rings (SSSR count). The predicted octanol–water partition coefficient (Wildman–Crippen LogP) is 2.20. The summed E-state index contributed by atoms with van der Waals surface area (Å²) in [6.45, 7) is -0.272. The van der Waals surface area contributed by atoms with Gasteiger partial charge in [-0.15, -0.1) is 0 Å². The molecule has 0 saturated carbocycles. The standard InChI is InChI=1S/C10H9F4N3/c11-8-3-1-2-7(10(12,13)14)6(8)4-17-5-9(15)16/h1-4H,5H2,(H3,15,16). The number of alkyl halides is 3. The van der Waals surface area contributed by atoms with E-state index in [1.807, 2.05) is 0 Å². The lowest BCUT2D eigenvalue weighted by Gasteiger charge is -2.10. The number of hydrogen-bond acceptors (Lipinski definition) is 2. The zero-order valence-corrected chi connectivity index (χ0v) is 8.55. The fourth-order valence-corrected chi connectivity index (χ4v) is 1.15. The van der Waals surface area contributed by atoms with E-state index in [0.717, 1.165) is 24.4 Å². The van der Waals surface area contributed by atoms with Gasteiger partial charge in [-0.1, -0.05) is 6.07 Å². The topological polar surface area (TPSA) is 62.2 Å². The van der Waals surface area contributed by atoms with Crippen LogP contribution in [0.15, 0.2) is 23.2 Å². The largest absolute Gasteiger partial charge is 0.417 e. The highest BCUT2D eigenvalue weighted by Crippen LogP contribution is 2.32. The highest BCUT2D eigenvalue weighted by molar-refractivity contribution is 5.86. The minimum atomic E-state index is -4.65. The molecule has 17 heavy (non-hydrogen) atoms. The average Bonchev–Trinajstić information content (AvgIpc) is 2.18. The van der Waals surface area contributed by atoms with E-state index in [1.165, 1.54) is 0 Å². The van der Waals surface area contributed by atoms with Crippen LogP contribution in [0.2, 0.25) is 0 Å². The van der Waals surface area contributed by atoms with Crippen molar-refractivity contribution in [3.8, 4) is 0 Å². The quantitative estimate of drug-likeness (QED) is 0.480. The minimum absolute atomic E-state index is 0.272. The van der Waals surface area contributed by atoms with Gasteiger partial charge in [0.2, 0.25) is 0 Å². The molecule has 0 aromatic heterocycles. The summed E-state index contributed by atoms with van der Waals surface area (Å²) in [4.78, 5) is 3.46. The Bertz CT molecular complexity index is 451. The van der Waals surface area contributed by atoms with Crippen molar-refractivity contribution in [2.45, 2.75) is 6.18 Å². The number of halogens is 4. The van der Waals surface area contributed by atoms with E-state index in [0.29, 0.717) is 0 Å². The Hall–Kier alpha value is -1.92. The first-order valence-corrected chi connectivity index (χ1v) is 4.51. The van der Waals surface area contributed by atoms with Crippen molar-refractivity contribution in [2.24, 2.45) is 10.7 Å². The maximum absolute atomic E-state index is 13.2. The molecule has 0 aliphatic heterocycles. The van der Waals surface area contributed by atoms with E-state index < -0.39 is 23.1 Å². The molecule has 7 heteroatoms. The summed E-state index contributed by atoms with van der Waals surface area (Å²) in [6.07, 6.45) is -3.92. The fourth-order valence-electron chi connectivity index (χ4n) is 1.15. The van der Waals surface area contributed by atoms with Crippen molar-refractivity contribution >= 4 is 12.1 Å². The van der Waals surface area contributed by atoms with Gasteiger partial charge in [-0.3, -0.25) is 10.4 Å². The van der Waals surface area contributed by atoms with Crippen molar-refractivity contribution in [1.82, 2.24) is 0 Å². The van der Waals surface area contributed by atoms with Gasteiger partial charge < -0.3 is 5.73 Å². The molecule has 0 radical (unpaired) electrons. The summed E-state index contributed by atoms with van der Waals surface area (Å²) in [6, 6.07) is 2.64. The number of benzene rings is 1. The molecular formula is C10H9F4N3. The van der Waals surface area contributed by atoms with Gasteiger partial charge in [0.1, 0.15) is 11.7 Å². The smallest absolute Gasteiger partial charge is 0.386 e. The average molecular weight is 247 g/mol. The molecule has 3 N–H and O–H groups in total. The monoisotopic (exact) mass is 247 g/mol. The Balaban J connectivity index is 3.13. The van der Waals surface area contributed by atoms with E-state index >= 15 is 0 Å². The molecule has 0 aliphatic carbocycles. The summed E-state index contributed by atoms with van der Waals surface area (Å²) in [5.41, 5.74) is 3.21. The number of nitrogens with two attached hydrogens (primary N) is 1. The van der Waals surface area contributed by atoms with Crippen molar-refractivity contribution in [3.63, 3.8) is 0 Å². The van der Waals surface area contributed by atoms with Crippen LogP contribution in [0.1, 0.15) is 11.1 Å². The van der Waals surface area contributed by atoms with Gasteiger partial charge in [0, 0.05) is 11.8 Å². The van der Waals surface area contributed by atoms with Crippen molar-refractivity contribution in [2.75, 3.05) is 6.54 Å². The second kappa shape index (κ2) is 4.94. The van der Waals surface area contributed by atoms with E-state index in [2.05, 4.69) is 4.99 Å². The molecule has 0 saturated heterocycles. The van der Waals surface area contributed by atoms with Crippen LogP contribution in [-0.2, 0) is 6.18 Å². The van der Waals surface area contributed by atoms with Gasteiger partial charge >= 0.3 is 6.18 Å². The lowest BCUT2D eigenvalue weighted by atomic mass is 10.1. The summed E-state index contributed by atoms with van der Waals surface area (Å²) in [5.74, 6) is -1.33. The van der Waals surface area contributed by atoms with Crippen LogP contribution in [0.4, 0.5) is 17.6 Å². The summed E-state index contributed by atoms with van der Waals surface area (Å²) in [5, 5.41) is 6.84. The van der Waals surface area contributed by atoms with E-state index in [9.17, 15) is 17.6 Å². The molecule has 3 nitrogen and oxygen atoms in total. The molecular weight excluding hydrogens is 238 g/mol. The van der Waals surface area contributed by atoms with Crippen molar-refractivity contribution in [1.29, 1.82) is 5.41 Å². The Kier molecular flexibility index (Phi) is 3.82. The first-order valence-electron chi connectivity index (χ1n) is 4.51. The van der Waals surface area contributed by atoms with Crippen LogP contribution < -0.4 is 5.73 Å². The fraction of sp³-hybridized carbons (Fsp3) is 0.200. The Morgan fingerprint density at radius 3 is 2.59 bits per heavy atom. The van der Waals surface area contributed by atoms with Gasteiger partial charge in [0.05, 0.1) is 12.1 Å². The zero-order valence-electron chi connectivity index (χ0n) is 8.55. The van der Waals surface area contributed by atoms with Gasteiger partial charge in [0.15, 0.2) is 0 Å². The SMILES string of the molecule is N=C(N)CN=Cc1c(F)cccc1C(F)(F)F. The van der Waals surface area contributed by atoms with Crippen LogP contribution in [-0.4, -0.2) is 18.6 Å². The number of aliphatic imine (C=N–C) groups is 1. The second-order valence-electron chi connectivity index (χ2n) is 3.19. The first kappa shape index (κ1) is 13.1. The first-order chi connectivity index (χ1) is 7.82. The number of nitrogens with zero attached hydrogens (tertiary/aromatic N) is 1. The zero-order chi connectivity index (χ0) is 13.1. The van der Waals surface area contributed by atoms with Crippen LogP contribution in [0.25, 0.3) is 0 Å². The molecule has 0 spiro atoms. The van der Waals surface area contributed by atoms with Crippen molar-refractivity contribution in [3.05, 3.63) is 35.1 Å². The van der Waals surface area contributed by atoms with Crippen LogP contribution >= 0.6 is 0 Å². The Morgan fingerprint density at radius 2 is 2.06 bits per heavy atom. The third-order valence-corrected chi connectivity index (χ3v) is 1.84. The number of rotatable bonds is 3. The van der Waals surface area contributed by atoms with Gasteiger partial charge in [-0.25, -0.2) is 4.39 Å². The molecule has 0 fully saturated rings. The summed E-state index contributed by atoms with van der Waals surface area (Å²) in [7, 11) is 0. The normalized spacial score (nSPS) is 12.0. The number of amidine groups is 1. The predicted molar refractivity (Wildman–Crippen MR) is 55.8 cm³/mol. The highest BCUT2D eigenvalue weighted by atomic mass is 19.4. The van der Waals surface area contributed by atoms with Crippen LogP contribution in [0.3, 0.4) is 0 Å². The minimum Gasteiger partial charge on any atom is -0.386 e. The molecule has 0 bridgehead atoms. The van der Waals surface area contributed by atoms with E-state index in [4.69, 9.17) is 11.1 Å². The molecule has 0 unspecified atom stereocenters. The molecule has 0 amide bonds. The highest BCUT2D eigenvalue weighted by Gasteiger charge is 2.33. The van der Waals surface area contributed by atoms with Crippen molar-refractivity contribution < 1.29 is 17.6 Å². The third kappa shape index (κ3) is 3.54. The third-order valence-electron chi connectivity index (χ3n) is 1.84. The molecule has 1 aromatic rings. The molecule has 92 valence electrons.